The molecule has 34 heavy (non-hydrogen) atoms. The van der Waals surface area contributed by atoms with E-state index in [-0.39, 0.29) is 5.56 Å². The number of amides is 1. The molecule has 6 nitrogen and oxygen atoms in total. The Morgan fingerprint density at radius 3 is 2.68 bits per heavy atom. The number of likely N-dealkylation sites (tertiary alicyclic amines) is 1. The number of carbonyl (C=O) groups is 1. The molecule has 1 aromatic heterocycles. The lowest BCUT2D eigenvalue weighted by atomic mass is 10.1. The smallest absolute Gasteiger partial charge is 0.416 e. The largest absolute Gasteiger partial charge is 0.493 e. The molecule has 9 heteroatoms. The van der Waals surface area contributed by atoms with Gasteiger partial charge in [0.2, 0.25) is 0 Å². The highest BCUT2D eigenvalue weighted by Crippen LogP contribution is 2.34. The van der Waals surface area contributed by atoms with Gasteiger partial charge >= 0.3 is 6.18 Å². The molecular weight excluding hydrogens is 445 g/mol. The van der Waals surface area contributed by atoms with E-state index in [4.69, 9.17) is 4.74 Å². The number of aryl methyl sites for hydroxylation is 1. The Balaban J connectivity index is 1.53. The summed E-state index contributed by atoms with van der Waals surface area (Å²) in [6, 6.07) is 11.9. The highest BCUT2D eigenvalue weighted by Gasteiger charge is 2.31. The molecule has 1 fully saturated rings. The Morgan fingerprint density at radius 2 is 2.00 bits per heavy atom. The van der Waals surface area contributed by atoms with Crippen molar-refractivity contribution in [3.63, 3.8) is 0 Å². The van der Waals surface area contributed by atoms with Crippen molar-refractivity contribution in [2.24, 2.45) is 7.05 Å². The molecule has 1 saturated heterocycles. The third kappa shape index (κ3) is 5.41. The predicted octanol–water partition coefficient (Wildman–Crippen LogP) is 5.22. The minimum absolute atomic E-state index is 0.0714. The number of hydrogen-bond donors (Lipinski definition) is 1. The van der Waals surface area contributed by atoms with Crippen LogP contribution in [0.25, 0.3) is 11.3 Å². The fourth-order valence-corrected chi connectivity index (χ4v) is 4.26. The first kappa shape index (κ1) is 23.8. The van der Waals surface area contributed by atoms with Crippen molar-refractivity contribution in [2.75, 3.05) is 25.5 Å². The summed E-state index contributed by atoms with van der Waals surface area (Å²) in [6.07, 6.45) is 0.418. The Bertz CT molecular complexity index is 1160. The van der Waals surface area contributed by atoms with Crippen molar-refractivity contribution in [3.8, 4) is 17.0 Å². The van der Waals surface area contributed by atoms with Gasteiger partial charge in [-0.25, -0.2) is 0 Å². The highest BCUT2D eigenvalue weighted by atomic mass is 19.4. The van der Waals surface area contributed by atoms with Crippen LogP contribution in [-0.2, 0) is 13.2 Å². The molecule has 2 aromatic carbocycles. The maximum absolute atomic E-state index is 13.0. The molecule has 0 aliphatic carbocycles. The van der Waals surface area contributed by atoms with Crippen molar-refractivity contribution >= 4 is 11.6 Å². The molecule has 1 amide bonds. The maximum atomic E-state index is 13.0. The second kappa shape index (κ2) is 9.89. The number of carbonyl (C=O) groups excluding carboxylic acids is 1. The zero-order valence-corrected chi connectivity index (χ0v) is 19.1. The van der Waals surface area contributed by atoms with E-state index < -0.39 is 17.6 Å². The number of alkyl halides is 3. The minimum Gasteiger partial charge on any atom is -0.493 e. The molecule has 0 bridgehead atoms. The quantitative estimate of drug-likeness (QED) is 0.512. The molecule has 0 spiro atoms. The lowest BCUT2D eigenvalue weighted by molar-refractivity contribution is -0.137. The normalized spacial score (nSPS) is 16.6. The Hall–Kier alpha value is -3.33. The van der Waals surface area contributed by atoms with Gasteiger partial charge in [0, 0.05) is 36.1 Å². The molecule has 4 rings (SSSR count). The Morgan fingerprint density at radius 1 is 1.18 bits per heavy atom. The topological polar surface area (TPSA) is 59.4 Å². The number of hydrogen-bond acceptors (Lipinski definition) is 4. The summed E-state index contributed by atoms with van der Waals surface area (Å²) in [4.78, 5) is 15.0. The summed E-state index contributed by atoms with van der Waals surface area (Å²) in [5, 5.41) is 6.91. The van der Waals surface area contributed by atoms with E-state index >= 15 is 0 Å². The monoisotopic (exact) mass is 472 g/mol. The van der Waals surface area contributed by atoms with Gasteiger partial charge in [-0.2, -0.15) is 18.3 Å². The summed E-state index contributed by atoms with van der Waals surface area (Å²) >= 11 is 0. The van der Waals surface area contributed by atoms with Crippen LogP contribution < -0.4 is 10.1 Å². The fourth-order valence-electron chi connectivity index (χ4n) is 4.26. The van der Waals surface area contributed by atoms with Crippen molar-refractivity contribution < 1.29 is 22.7 Å². The van der Waals surface area contributed by atoms with Crippen molar-refractivity contribution in [3.05, 3.63) is 65.9 Å². The van der Waals surface area contributed by atoms with E-state index in [2.05, 4.69) is 22.4 Å². The lowest BCUT2D eigenvalue weighted by Gasteiger charge is -2.20. The van der Waals surface area contributed by atoms with Crippen molar-refractivity contribution in [1.29, 1.82) is 0 Å². The molecule has 1 aliphatic heterocycles. The summed E-state index contributed by atoms with van der Waals surface area (Å²) in [6.45, 7) is 1.65. The van der Waals surface area contributed by atoms with Gasteiger partial charge in [0.15, 0.2) is 0 Å². The molecule has 1 unspecified atom stereocenters. The number of rotatable bonds is 7. The molecule has 1 atom stereocenters. The van der Waals surface area contributed by atoms with Gasteiger partial charge in [0.05, 0.1) is 17.9 Å². The van der Waals surface area contributed by atoms with E-state index in [0.29, 0.717) is 24.1 Å². The van der Waals surface area contributed by atoms with E-state index in [1.165, 1.54) is 18.6 Å². The van der Waals surface area contributed by atoms with Crippen molar-refractivity contribution in [2.45, 2.75) is 31.5 Å². The fraction of sp³-hybridized carbons (Fsp3) is 0.360. The van der Waals surface area contributed by atoms with Crippen LogP contribution in [0.15, 0.2) is 54.7 Å². The first-order valence-corrected chi connectivity index (χ1v) is 11.2. The van der Waals surface area contributed by atoms with E-state index in [0.717, 1.165) is 42.8 Å². The van der Waals surface area contributed by atoms with Crippen LogP contribution in [0.4, 0.5) is 18.9 Å². The first-order valence-electron chi connectivity index (χ1n) is 11.2. The third-order valence-corrected chi connectivity index (χ3v) is 6.17. The first-order chi connectivity index (χ1) is 16.2. The molecule has 0 saturated carbocycles. The number of aromatic nitrogens is 2. The maximum Gasteiger partial charge on any atom is 0.416 e. The van der Waals surface area contributed by atoms with Crippen LogP contribution in [0, 0.1) is 0 Å². The van der Waals surface area contributed by atoms with Gasteiger partial charge in [-0.05, 0) is 75.3 Å². The van der Waals surface area contributed by atoms with Gasteiger partial charge in [-0.15, -0.1) is 0 Å². The van der Waals surface area contributed by atoms with Crippen LogP contribution in [0.1, 0.15) is 35.2 Å². The van der Waals surface area contributed by atoms with Crippen LogP contribution in [0.3, 0.4) is 0 Å². The SMILES string of the molecule is CN1CCCC1CCOc1ccc(NC(=O)c2cccc(C(F)(F)F)c2)cc1-c1ccnn1C. The average molecular weight is 473 g/mol. The van der Waals surface area contributed by atoms with Crippen LogP contribution >= 0.6 is 0 Å². The van der Waals surface area contributed by atoms with Crippen molar-refractivity contribution in [1.82, 2.24) is 14.7 Å². The van der Waals surface area contributed by atoms with Crippen LogP contribution in [0.5, 0.6) is 5.75 Å². The zero-order valence-electron chi connectivity index (χ0n) is 19.1. The number of halogens is 3. The van der Waals surface area contributed by atoms with E-state index in [9.17, 15) is 18.0 Å². The van der Waals surface area contributed by atoms with Gasteiger partial charge in [0.25, 0.3) is 5.91 Å². The molecule has 3 aromatic rings. The average Bonchev–Trinajstić information content (AvgIpc) is 3.42. The molecular formula is C25H27F3N4O2. The number of nitrogens with zero attached hydrogens (tertiary/aromatic N) is 3. The van der Waals surface area contributed by atoms with Gasteiger partial charge in [0.1, 0.15) is 5.75 Å². The zero-order chi connectivity index (χ0) is 24.3. The second-order valence-corrected chi connectivity index (χ2v) is 8.50. The number of benzene rings is 2. The third-order valence-electron chi connectivity index (χ3n) is 6.17. The van der Waals surface area contributed by atoms with Gasteiger partial charge < -0.3 is 15.0 Å². The second-order valence-electron chi connectivity index (χ2n) is 8.50. The number of anilines is 1. The summed E-state index contributed by atoms with van der Waals surface area (Å²) in [5.74, 6) is 0.0290. The van der Waals surface area contributed by atoms with E-state index in [1.54, 1.807) is 36.1 Å². The van der Waals surface area contributed by atoms with E-state index in [1.807, 2.05) is 6.07 Å². The number of nitrogens with one attached hydrogen (secondary N) is 1. The minimum atomic E-state index is -4.52. The lowest BCUT2D eigenvalue weighted by Crippen LogP contribution is -2.26. The summed E-state index contributed by atoms with van der Waals surface area (Å²) in [5.41, 5.74) is 1.04. The standard InChI is InChI=1S/C25H27F3N4O2/c1-31-13-4-7-20(31)11-14-34-23-9-8-19(16-21(23)22-10-12-29-32(22)2)30-24(33)17-5-3-6-18(15-17)25(26,27)28/h3,5-6,8-10,12,15-16,20H,4,7,11,13-14H2,1-2H3,(H,30,33). The number of ether oxygens (including phenoxy) is 1. The molecule has 0 radical (unpaired) electrons. The van der Waals surface area contributed by atoms with Gasteiger partial charge in [-0.1, -0.05) is 6.07 Å². The summed E-state index contributed by atoms with van der Waals surface area (Å²) in [7, 11) is 3.93. The molecule has 1 aliphatic rings. The Labute approximate surface area is 196 Å². The highest BCUT2D eigenvalue weighted by molar-refractivity contribution is 6.04. The summed E-state index contributed by atoms with van der Waals surface area (Å²) < 4.78 is 46.9. The molecule has 180 valence electrons. The predicted molar refractivity (Wildman–Crippen MR) is 124 cm³/mol. The van der Waals surface area contributed by atoms with Gasteiger partial charge in [-0.3, -0.25) is 9.48 Å². The Kier molecular flexibility index (Phi) is 6.92. The van der Waals surface area contributed by atoms with Crippen LogP contribution in [0.2, 0.25) is 0 Å². The van der Waals surface area contributed by atoms with Crippen LogP contribution in [-0.4, -0.2) is 46.8 Å². The molecule has 2 heterocycles. The molecule has 1 N–H and O–H groups in total.